The van der Waals surface area contributed by atoms with Crippen LogP contribution in [0.25, 0.3) is 11.4 Å². The Kier molecular flexibility index (Phi) is 4.59. The predicted molar refractivity (Wildman–Crippen MR) is 103 cm³/mol. The van der Waals surface area contributed by atoms with Crippen LogP contribution in [0, 0.1) is 0 Å². The molecule has 2 heterocycles. The van der Waals surface area contributed by atoms with E-state index in [2.05, 4.69) is 15.5 Å². The number of carbonyl (C=O) groups excluding carboxylic acids is 1. The van der Waals surface area contributed by atoms with Crippen molar-refractivity contribution in [1.82, 2.24) is 14.8 Å². The molecule has 8 nitrogen and oxygen atoms in total. The first kappa shape index (κ1) is 17.2. The van der Waals surface area contributed by atoms with E-state index >= 15 is 0 Å². The van der Waals surface area contributed by atoms with Gasteiger partial charge in [-0.3, -0.25) is 4.79 Å². The molecule has 0 saturated heterocycles. The minimum Gasteiger partial charge on any atom is -0.454 e. The fourth-order valence-electron chi connectivity index (χ4n) is 2.68. The molecule has 0 unspecified atom stereocenters. The van der Waals surface area contributed by atoms with E-state index in [4.69, 9.17) is 15.2 Å². The molecular weight excluding hydrogens is 366 g/mol. The maximum absolute atomic E-state index is 12.2. The number of aromatic nitrogens is 3. The summed E-state index contributed by atoms with van der Waals surface area (Å²) in [5, 5.41) is 11.8. The quantitative estimate of drug-likeness (QED) is 0.515. The Labute approximate surface area is 159 Å². The zero-order chi connectivity index (χ0) is 18.8. The lowest BCUT2D eigenvalue weighted by atomic mass is 10.2. The van der Waals surface area contributed by atoms with Crippen molar-refractivity contribution in [3.8, 4) is 22.9 Å². The summed E-state index contributed by atoms with van der Waals surface area (Å²) in [5.74, 6) is 2.01. The Balaban J connectivity index is 1.40. The number of thioether (sulfide) groups is 1. The summed E-state index contributed by atoms with van der Waals surface area (Å²) in [6.45, 7) is 0.197. The number of rotatable bonds is 5. The highest BCUT2D eigenvalue weighted by molar-refractivity contribution is 7.99. The number of nitrogens with one attached hydrogen (secondary N) is 1. The summed E-state index contributed by atoms with van der Waals surface area (Å²) in [6.07, 6.45) is 0. The first-order valence-electron chi connectivity index (χ1n) is 8.18. The van der Waals surface area contributed by atoms with Gasteiger partial charge in [0.25, 0.3) is 0 Å². The van der Waals surface area contributed by atoms with Crippen LogP contribution in [0.4, 0.5) is 11.4 Å². The molecule has 0 atom stereocenters. The number of amides is 1. The van der Waals surface area contributed by atoms with E-state index in [1.807, 2.05) is 35.9 Å². The topological polar surface area (TPSA) is 104 Å². The molecule has 2 aromatic carbocycles. The molecule has 1 aliphatic rings. The summed E-state index contributed by atoms with van der Waals surface area (Å²) in [5.41, 5.74) is 8.10. The third-order valence-electron chi connectivity index (χ3n) is 4.03. The number of benzene rings is 2. The molecule has 0 fully saturated rings. The van der Waals surface area contributed by atoms with Crippen LogP contribution < -0.4 is 20.5 Å². The van der Waals surface area contributed by atoms with Crippen molar-refractivity contribution in [2.75, 3.05) is 23.6 Å². The minimum atomic E-state index is -0.150. The van der Waals surface area contributed by atoms with Crippen LogP contribution in [0.3, 0.4) is 0 Å². The molecule has 0 aliphatic carbocycles. The Morgan fingerprint density at radius 3 is 2.89 bits per heavy atom. The zero-order valence-electron chi connectivity index (χ0n) is 14.5. The second-order valence-electron chi connectivity index (χ2n) is 5.86. The van der Waals surface area contributed by atoms with Crippen molar-refractivity contribution in [3.63, 3.8) is 0 Å². The molecule has 3 N–H and O–H groups in total. The van der Waals surface area contributed by atoms with Gasteiger partial charge in [-0.05, 0) is 24.3 Å². The molecule has 4 rings (SSSR count). The maximum atomic E-state index is 12.2. The van der Waals surface area contributed by atoms with Gasteiger partial charge in [-0.1, -0.05) is 23.9 Å². The van der Waals surface area contributed by atoms with E-state index in [1.165, 1.54) is 11.8 Å². The predicted octanol–water partition coefficient (Wildman–Crippen LogP) is 2.52. The maximum Gasteiger partial charge on any atom is 0.234 e. The molecule has 1 aliphatic heterocycles. The third kappa shape index (κ3) is 3.54. The van der Waals surface area contributed by atoms with Gasteiger partial charge in [0.05, 0.1) is 5.75 Å². The van der Waals surface area contributed by atoms with Gasteiger partial charge < -0.3 is 25.1 Å². The normalized spacial score (nSPS) is 12.2. The van der Waals surface area contributed by atoms with Gasteiger partial charge in [0, 0.05) is 30.1 Å². The Morgan fingerprint density at radius 1 is 1.22 bits per heavy atom. The van der Waals surface area contributed by atoms with Crippen LogP contribution in [-0.2, 0) is 11.8 Å². The number of hydrogen-bond acceptors (Lipinski definition) is 7. The number of nitrogens with two attached hydrogens (primary N) is 1. The minimum absolute atomic E-state index is 0.150. The molecule has 0 radical (unpaired) electrons. The number of ether oxygens (including phenoxy) is 2. The van der Waals surface area contributed by atoms with Crippen LogP contribution in [0.1, 0.15) is 0 Å². The zero-order valence-corrected chi connectivity index (χ0v) is 15.3. The lowest BCUT2D eigenvalue weighted by Gasteiger charge is -2.07. The number of anilines is 2. The third-order valence-corrected chi connectivity index (χ3v) is 5.05. The van der Waals surface area contributed by atoms with Gasteiger partial charge in [-0.2, -0.15) is 0 Å². The highest BCUT2D eigenvalue weighted by Crippen LogP contribution is 2.34. The highest BCUT2D eigenvalue weighted by Gasteiger charge is 2.16. The van der Waals surface area contributed by atoms with Crippen molar-refractivity contribution in [3.05, 3.63) is 42.5 Å². The molecule has 9 heteroatoms. The first-order chi connectivity index (χ1) is 13.1. The van der Waals surface area contributed by atoms with E-state index in [9.17, 15) is 4.79 Å². The molecule has 3 aromatic rings. The fraction of sp³-hybridized carbons (Fsp3) is 0.167. The van der Waals surface area contributed by atoms with Crippen molar-refractivity contribution < 1.29 is 14.3 Å². The molecule has 138 valence electrons. The standard InChI is InChI=1S/C18H17N5O3S/c1-23-17(12-4-2-3-5-13(12)19)21-22-18(23)27-9-16(24)20-11-6-7-14-15(8-11)26-10-25-14/h2-8H,9-10,19H2,1H3,(H,20,24). The smallest absolute Gasteiger partial charge is 0.234 e. The van der Waals surface area contributed by atoms with E-state index in [-0.39, 0.29) is 18.5 Å². The lowest BCUT2D eigenvalue weighted by molar-refractivity contribution is -0.113. The number of carbonyl (C=O) groups is 1. The van der Waals surface area contributed by atoms with Gasteiger partial charge in [-0.25, -0.2) is 0 Å². The van der Waals surface area contributed by atoms with Crippen LogP contribution in [-0.4, -0.2) is 33.2 Å². The van der Waals surface area contributed by atoms with Gasteiger partial charge in [-0.15, -0.1) is 10.2 Å². The average molecular weight is 383 g/mol. The monoisotopic (exact) mass is 383 g/mol. The van der Waals surface area contributed by atoms with Crippen molar-refractivity contribution in [2.45, 2.75) is 5.16 Å². The highest BCUT2D eigenvalue weighted by atomic mass is 32.2. The summed E-state index contributed by atoms with van der Waals surface area (Å²) in [7, 11) is 1.85. The van der Waals surface area contributed by atoms with Crippen LogP contribution in [0.5, 0.6) is 11.5 Å². The molecule has 0 spiro atoms. The van der Waals surface area contributed by atoms with Crippen LogP contribution in [0.15, 0.2) is 47.6 Å². The summed E-state index contributed by atoms with van der Waals surface area (Å²) < 4.78 is 12.4. The van der Waals surface area contributed by atoms with Gasteiger partial charge in [0.15, 0.2) is 22.5 Å². The Bertz CT molecular complexity index is 1000. The van der Waals surface area contributed by atoms with Crippen molar-refractivity contribution in [2.24, 2.45) is 7.05 Å². The molecule has 1 amide bonds. The van der Waals surface area contributed by atoms with Crippen molar-refractivity contribution >= 4 is 29.0 Å². The molecule has 27 heavy (non-hydrogen) atoms. The summed E-state index contributed by atoms with van der Waals surface area (Å²) in [6, 6.07) is 12.7. The Hall–Kier alpha value is -3.20. The molecule has 1 aromatic heterocycles. The SMILES string of the molecule is Cn1c(SCC(=O)Nc2ccc3c(c2)OCO3)nnc1-c1ccccc1N. The first-order valence-corrected chi connectivity index (χ1v) is 9.17. The fourth-order valence-corrected chi connectivity index (χ4v) is 3.39. The van der Waals surface area contributed by atoms with E-state index in [0.717, 1.165) is 5.56 Å². The van der Waals surface area contributed by atoms with Crippen LogP contribution >= 0.6 is 11.8 Å². The molecule has 0 bridgehead atoms. The largest absolute Gasteiger partial charge is 0.454 e. The van der Waals surface area contributed by atoms with Crippen LogP contribution in [0.2, 0.25) is 0 Å². The number of nitrogens with zero attached hydrogens (tertiary/aromatic N) is 3. The number of para-hydroxylation sites is 1. The summed E-state index contributed by atoms with van der Waals surface area (Å²) in [4.78, 5) is 12.2. The van der Waals surface area contributed by atoms with Gasteiger partial charge in [0.1, 0.15) is 0 Å². The van der Waals surface area contributed by atoms with E-state index in [1.54, 1.807) is 18.2 Å². The Morgan fingerprint density at radius 2 is 2.04 bits per heavy atom. The van der Waals surface area contributed by atoms with E-state index < -0.39 is 0 Å². The lowest BCUT2D eigenvalue weighted by Crippen LogP contribution is -2.14. The van der Waals surface area contributed by atoms with Gasteiger partial charge in [0.2, 0.25) is 12.7 Å². The summed E-state index contributed by atoms with van der Waals surface area (Å²) >= 11 is 1.30. The number of hydrogen-bond donors (Lipinski definition) is 2. The molecular formula is C18H17N5O3S. The molecule has 0 saturated carbocycles. The second kappa shape index (κ2) is 7.20. The second-order valence-corrected chi connectivity index (χ2v) is 6.80. The van der Waals surface area contributed by atoms with Gasteiger partial charge >= 0.3 is 0 Å². The van der Waals surface area contributed by atoms with E-state index in [0.29, 0.717) is 33.9 Å². The number of nitrogen functional groups attached to an aromatic ring is 1. The number of fused-ring (bicyclic) bond motifs is 1. The average Bonchev–Trinajstić information content (AvgIpc) is 3.27. The van der Waals surface area contributed by atoms with Crippen molar-refractivity contribution in [1.29, 1.82) is 0 Å².